The highest BCUT2D eigenvalue weighted by atomic mass is 16.2. The number of aliphatic imine (C=N–C) groups is 1. The molecule has 1 aromatic rings. The van der Waals surface area contributed by atoms with Crippen LogP contribution in [0.5, 0.6) is 0 Å². The molecule has 2 fully saturated rings. The van der Waals surface area contributed by atoms with Gasteiger partial charge in [0.15, 0.2) is 12.2 Å². The average molecular weight is 426 g/mol. The first-order chi connectivity index (χ1) is 15.1. The summed E-state index contributed by atoms with van der Waals surface area (Å²) in [5, 5.41) is 0. The lowest BCUT2D eigenvalue weighted by Crippen LogP contribution is -2.64. The number of unbranched alkanes of at least 4 members (excludes halogenated alkanes) is 5. The van der Waals surface area contributed by atoms with Gasteiger partial charge in [0.05, 0.1) is 0 Å². The van der Waals surface area contributed by atoms with Crippen LogP contribution >= 0.6 is 0 Å². The molecule has 3 aliphatic rings. The summed E-state index contributed by atoms with van der Waals surface area (Å²) in [6.45, 7) is 6.40. The Morgan fingerprint density at radius 1 is 0.968 bits per heavy atom. The predicted molar refractivity (Wildman–Crippen MR) is 123 cm³/mol. The van der Waals surface area contributed by atoms with E-state index in [4.69, 9.17) is 4.99 Å². The summed E-state index contributed by atoms with van der Waals surface area (Å²) in [7, 11) is 1.77. The van der Waals surface area contributed by atoms with Gasteiger partial charge in [-0.2, -0.15) is 0 Å². The van der Waals surface area contributed by atoms with Crippen LogP contribution in [0.1, 0.15) is 57.9 Å². The zero-order valence-corrected chi connectivity index (χ0v) is 19.1. The van der Waals surface area contributed by atoms with E-state index in [0.717, 1.165) is 50.4 Å². The minimum atomic E-state index is -0.437. The fourth-order valence-corrected chi connectivity index (χ4v) is 4.85. The second-order valence-electron chi connectivity index (χ2n) is 8.80. The summed E-state index contributed by atoms with van der Waals surface area (Å²) in [6.07, 6.45) is 7.36. The van der Waals surface area contributed by atoms with Crippen molar-refractivity contribution in [3.8, 4) is 0 Å². The molecule has 2 atom stereocenters. The zero-order valence-electron chi connectivity index (χ0n) is 19.1. The zero-order chi connectivity index (χ0) is 22.0. The van der Waals surface area contributed by atoms with E-state index in [1.165, 1.54) is 29.7 Å². The smallest absolute Gasteiger partial charge is 0.325 e. The lowest BCUT2D eigenvalue weighted by atomic mass is 10.1. The number of aryl methyl sites for hydroxylation is 1. The highest BCUT2D eigenvalue weighted by molar-refractivity contribution is 6.07. The number of fused-ring (bicyclic) bond motifs is 3. The van der Waals surface area contributed by atoms with Crippen molar-refractivity contribution in [3.63, 3.8) is 0 Å². The van der Waals surface area contributed by atoms with E-state index in [9.17, 15) is 9.59 Å². The third-order valence-electron chi connectivity index (χ3n) is 6.77. The summed E-state index contributed by atoms with van der Waals surface area (Å²) in [5.41, 5.74) is 2.38. The Bertz CT molecular complexity index is 837. The van der Waals surface area contributed by atoms with Crippen LogP contribution in [-0.2, 0) is 11.2 Å². The van der Waals surface area contributed by atoms with Crippen molar-refractivity contribution in [2.75, 3.05) is 31.6 Å². The number of amides is 3. The third-order valence-corrected chi connectivity index (χ3v) is 6.77. The monoisotopic (exact) mass is 425 g/mol. The number of carbonyl (C=O) groups is 2. The number of urea groups is 1. The molecule has 31 heavy (non-hydrogen) atoms. The van der Waals surface area contributed by atoms with Crippen LogP contribution in [0.4, 0.5) is 10.5 Å². The number of rotatable bonds is 9. The van der Waals surface area contributed by atoms with Crippen LogP contribution in [0, 0.1) is 0 Å². The predicted octanol–water partition coefficient (Wildman–Crippen LogP) is 3.69. The maximum atomic E-state index is 13.3. The lowest BCUT2D eigenvalue weighted by Gasteiger charge is -2.40. The Hall–Kier alpha value is -2.57. The molecule has 4 rings (SSSR count). The van der Waals surface area contributed by atoms with Gasteiger partial charge in [0.2, 0.25) is 5.96 Å². The van der Waals surface area contributed by atoms with Crippen LogP contribution in [-0.4, -0.2) is 71.5 Å². The minimum Gasteiger partial charge on any atom is -0.325 e. The molecule has 0 spiro atoms. The number of hydrogen-bond donors (Lipinski definition) is 0. The van der Waals surface area contributed by atoms with Crippen molar-refractivity contribution in [1.29, 1.82) is 0 Å². The molecule has 3 amide bonds. The molecule has 0 radical (unpaired) electrons. The quantitative estimate of drug-likeness (QED) is 0.566. The van der Waals surface area contributed by atoms with Gasteiger partial charge in [-0.3, -0.25) is 9.69 Å². The van der Waals surface area contributed by atoms with Crippen molar-refractivity contribution in [1.82, 2.24) is 14.7 Å². The van der Waals surface area contributed by atoms with E-state index in [1.807, 2.05) is 0 Å². The van der Waals surface area contributed by atoms with Crippen LogP contribution in [0.3, 0.4) is 0 Å². The Balaban J connectivity index is 1.45. The Morgan fingerprint density at radius 2 is 1.68 bits per heavy atom. The van der Waals surface area contributed by atoms with Crippen molar-refractivity contribution < 1.29 is 9.59 Å². The van der Waals surface area contributed by atoms with Gasteiger partial charge in [0.25, 0.3) is 5.91 Å². The van der Waals surface area contributed by atoms with Gasteiger partial charge in [0, 0.05) is 32.4 Å². The summed E-state index contributed by atoms with van der Waals surface area (Å²) < 4.78 is 0. The Labute approximate surface area is 185 Å². The Morgan fingerprint density at radius 3 is 2.39 bits per heavy atom. The molecular weight excluding hydrogens is 390 g/mol. The van der Waals surface area contributed by atoms with Crippen molar-refractivity contribution in [2.45, 2.75) is 71.0 Å². The molecule has 0 bridgehead atoms. The molecule has 7 heteroatoms. The van der Waals surface area contributed by atoms with Gasteiger partial charge in [-0.25, -0.2) is 9.79 Å². The number of guanidine groups is 1. The summed E-state index contributed by atoms with van der Waals surface area (Å²) in [4.78, 5) is 38.5. The number of likely N-dealkylation sites (N-methyl/N-ethyl adjacent to an activating group) is 1. The maximum absolute atomic E-state index is 13.3. The topological polar surface area (TPSA) is 59.5 Å². The largest absolute Gasteiger partial charge is 0.328 e. The number of benzene rings is 1. The summed E-state index contributed by atoms with van der Waals surface area (Å²) in [5.74, 6) is 0.720. The van der Waals surface area contributed by atoms with E-state index in [0.29, 0.717) is 6.54 Å². The normalized spacial score (nSPS) is 22.9. The number of hydrogen-bond acceptors (Lipinski definition) is 5. The molecule has 3 heterocycles. The van der Waals surface area contributed by atoms with Crippen molar-refractivity contribution in [2.24, 2.45) is 4.99 Å². The second-order valence-corrected chi connectivity index (χ2v) is 8.80. The van der Waals surface area contributed by atoms with E-state index in [1.54, 1.807) is 11.9 Å². The van der Waals surface area contributed by atoms with Gasteiger partial charge in [-0.1, -0.05) is 58.1 Å². The molecule has 1 aromatic carbocycles. The Kier molecular flexibility index (Phi) is 6.49. The highest BCUT2D eigenvalue weighted by Gasteiger charge is 2.54. The van der Waals surface area contributed by atoms with Crippen molar-refractivity contribution in [3.05, 3.63) is 29.8 Å². The van der Waals surface area contributed by atoms with Gasteiger partial charge < -0.3 is 14.7 Å². The summed E-state index contributed by atoms with van der Waals surface area (Å²) >= 11 is 0. The molecule has 2 unspecified atom stereocenters. The van der Waals surface area contributed by atoms with E-state index < -0.39 is 12.2 Å². The van der Waals surface area contributed by atoms with Crippen LogP contribution in [0.25, 0.3) is 0 Å². The standard InChI is InChI=1S/C24H35N5O2/c1-4-6-7-8-9-10-15-29-22(30)20-21(26(3)24(29)31)25-23-27(16-17-28(20)23)19-13-11-18(5-2)12-14-19/h11-14,20-21H,4-10,15-17H2,1-3H3. The molecule has 2 saturated heterocycles. The first-order valence-corrected chi connectivity index (χ1v) is 11.9. The van der Waals surface area contributed by atoms with Gasteiger partial charge in [-0.15, -0.1) is 0 Å². The molecule has 0 N–H and O–H groups in total. The number of imide groups is 1. The van der Waals surface area contributed by atoms with E-state index >= 15 is 0 Å². The summed E-state index contributed by atoms with van der Waals surface area (Å²) in [6, 6.07) is 7.90. The average Bonchev–Trinajstić information content (AvgIpc) is 3.36. The molecule has 3 aliphatic heterocycles. The molecule has 0 saturated carbocycles. The molecule has 0 aromatic heterocycles. The SMILES string of the molecule is CCCCCCCCN1C(=O)C2C(N=C3N(c4ccc(CC)cc4)CCN32)N(C)C1=O. The van der Waals surface area contributed by atoms with Gasteiger partial charge >= 0.3 is 6.03 Å². The fourth-order valence-electron chi connectivity index (χ4n) is 4.85. The molecular formula is C24H35N5O2. The van der Waals surface area contributed by atoms with Gasteiger partial charge in [0.1, 0.15) is 0 Å². The highest BCUT2D eigenvalue weighted by Crippen LogP contribution is 2.33. The first-order valence-electron chi connectivity index (χ1n) is 11.9. The number of anilines is 1. The van der Waals surface area contributed by atoms with Crippen LogP contribution in [0.2, 0.25) is 0 Å². The van der Waals surface area contributed by atoms with Crippen molar-refractivity contribution >= 4 is 23.6 Å². The second kappa shape index (κ2) is 9.28. The fraction of sp³-hybridized carbons (Fsp3) is 0.625. The van der Waals surface area contributed by atoms with E-state index in [2.05, 4.69) is 47.9 Å². The first kappa shape index (κ1) is 21.7. The lowest BCUT2D eigenvalue weighted by molar-refractivity contribution is -0.137. The molecule has 0 aliphatic carbocycles. The number of carbonyl (C=O) groups excluding carboxylic acids is 2. The van der Waals surface area contributed by atoms with E-state index in [-0.39, 0.29) is 11.9 Å². The molecule has 7 nitrogen and oxygen atoms in total. The third kappa shape index (κ3) is 4.02. The maximum Gasteiger partial charge on any atom is 0.328 e. The van der Waals surface area contributed by atoms with Gasteiger partial charge in [-0.05, 0) is 30.5 Å². The van der Waals surface area contributed by atoms with Crippen LogP contribution < -0.4 is 4.90 Å². The number of nitrogens with zero attached hydrogens (tertiary/aromatic N) is 5. The van der Waals surface area contributed by atoms with Crippen LogP contribution in [0.15, 0.2) is 29.3 Å². The molecule has 168 valence electrons. The minimum absolute atomic E-state index is 0.0939.